The summed E-state index contributed by atoms with van der Waals surface area (Å²) >= 11 is 6.31. The third-order valence-corrected chi connectivity index (χ3v) is 8.35. The van der Waals surface area contributed by atoms with E-state index in [9.17, 15) is 26.7 Å². The Balaban J connectivity index is 1.62. The van der Waals surface area contributed by atoms with E-state index >= 15 is 0 Å². The van der Waals surface area contributed by atoms with Gasteiger partial charge in [-0.15, -0.1) is 5.10 Å². The van der Waals surface area contributed by atoms with Crippen LogP contribution in [-0.2, 0) is 22.4 Å². The summed E-state index contributed by atoms with van der Waals surface area (Å²) in [6.07, 6.45) is -2.70. The molecule has 2 aromatic carbocycles. The van der Waals surface area contributed by atoms with Crippen LogP contribution in [0.15, 0.2) is 41.3 Å². The van der Waals surface area contributed by atoms with Crippen LogP contribution >= 0.6 is 11.6 Å². The van der Waals surface area contributed by atoms with E-state index in [2.05, 4.69) is 15.2 Å². The van der Waals surface area contributed by atoms with E-state index in [0.717, 1.165) is 6.07 Å². The maximum atomic E-state index is 14.0. The van der Waals surface area contributed by atoms with Crippen LogP contribution in [0.5, 0.6) is 0 Å². The Hall–Kier alpha value is -2.63. The lowest BCUT2D eigenvalue weighted by molar-refractivity contribution is -0.137. The van der Waals surface area contributed by atoms with Crippen molar-refractivity contribution in [3.8, 4) is 11.1 Å². The average Bonchev–Trinajstić information content (AvgIpc) is 3.19. The lowest BCUT2D eigenvalue weighted by Crippen LogP contribution is -2.24. The maximum Gasteiger partial charge on any atom is 0.417 e. The Morgan fingerprint density at radius 2 is 1.77 bits per heavy atom. The number of hydrogen-bond acceptors (Lipinski definition) is 6. The molecule has 0 aliphatic heterocycles. The highest BCUT2D eigenvalue weighted by atomic mass is 35.5. The van der Waals surface area contributed by atoms with Gasteiger partial charge in [0.1, 0.15) is 5.82 Å². The number of alkyl halides is 3. The Kier molecular flexibility index (Phi) is 7.12. The SMILES string of the molecule is Nc1n[nH]c(Cc2cc(Cl)c(-c3ccc(S(=O)(=O)CC4CCC(O)CC4)cc3)c(C(F)(F)F)c2)n1. The fraction of sp³-hybridized carbons (Fsp3) is 0.391. The summed E-state index contributed by atoms with van der Waals surface area (Å²) in [6, 6.07) is 7.69. The van der Waals surface area contributed by atoms with Crippen molar-refractivity contribution >= 4 is 27.4 Å². The summed E-state index contributed by atoms with van der Waals surface area (Å²) in [7, 11) is -3.63. The molecule has 4 rings (SSSR count). The molecule has 1 aliphatic carbocycles. The lowest BCUT2D eigenvalue weighted by Gasteiger charge is -2.25. The van der Waals surface area contributed by atoms with E-state index in [-0.39, 0.29) is 56.8 Å². The summed E-state index contributed by atoms with van der Waals surface area (Å²) in [5, 5.41) is 15.7. The Bertz CT molecular complexity index is 1300. The molecule has 0 unspecified atom stereocenters. The van der Waals surface area contributed by atoms with Crippen molar-refractivity contribution in [2.24, 2.45) is 5.92 Å². The fourth-order valence-electron chi connectivity index (χ4n) is 4.41. The minimum atomic E-state index is -4.70. The van der Waals surface area contributed by atoms with Crippen LogP contribution in [0.4, 0.5) is 19.1 Å². The minimum absolute atomic E-state index is 0.0165. The summed E-state index contributed by atoms with van der Waals surface area (Å²) in [5.41, 5.74) is 4.69. The van der Waals surface area contributed by atoms with Gasteiger partial charge in [0.25, 0.3) is 0 Å². The van der Waals surface area contributed by atoms with Crippen molar-refractivity contribution in [1.82, 2.24) is 15.2 Å². The molecule has 1 saturated carbocycles. The molecule has 0 spiro atoms. The molecule has 0 atom stereocenters. The van der Waals surface area contributed by atoms with E-state index in [0.29, 0.717) is 31.5 Å². The second-order valence-electron chi connectivity index (χ2n) is 8.80. The van der Waals surface area contributed by atoms with Crippen molar-refractivity contribution < 1.29 is 26.7 Å². The number of rotatable bonds is 6. The van der Waals surface area contributed by atoms with Gasteiger partial charge in [0, 0.05) is 17.0 Å². The van der Waals surface area contributed by atoms with Crippen molar-refractivity contribution in [1.29, 1.82) is 0 Å². The van der Waals surface area contributed by atoms with Crippen LogP contribution in [0, 0.1) is 5.92 Å². The number of aliphatic hydroxyl groups is 1. The van der Waals surface area contributed by atoms with Gasteiger partial charge in [0.2, 0.25) is 5.95 Å². The number of halogens is 4. The third-order valence-electron chi connectivity index (χ3n) is 6.15. The topological polar surface area (TPSA) is 122 Å². The molecule has 1 aliphatic rings. The number of benzene rings is 2. The summed E-state index contributed by atoms with van der Waals surface area (Å²) in [6.45, 7) is 0. The maximum absolute atomic E-state index is 14.0. The molecule has 3 aromatic rings. The van der Waals surface area contributed by atoms with E-state index < -0.39 is 21.6 Å². The van der Waals surface area contributed by atoms with Gasteiger partial charge in [-0.2, -0.15) is 18.2 Å². The van der Waals surface area contributed by atoms with Gasteiger partial charge >= 0.3 is 6.18 Å². The molecule has 1 heterocycles. The van der Waals surface area contributed by atoms with Crippen LogP contribution in [-0.4, -0.2) is 40.6 Å². The van der Waals surface area contributed by atoms with E-state index in [4.69, 9.17) is 17.3 Å². The number of nitrogens with one attached hydrogen (secondary N) is 1. The number of aromatic nitrogens is 3. The molecule has 4 N–H and O–H groups in total. The van der Waals surface area contributed by atoms with Crippen LogP contribution < -0.4 is 5.73 Å². The molecule has 0 amide bonds. The Morgan fingerprint density at radius 1 is 1.11 bits per heavy atom. The largest absolute Gasteiger partial charge is 0.417 e. The van der Waals surface area contributed by atoms with Crippen molar-refractivity contribution in [3.63, 3.8) is 0 Å². The molecule has 0 radical (unpaired) electrons. The smallest absolute Gasteiger partial charge is 0.393 e. The van der Waals surface area contributed by atoms with E-state index in [1.165, 1.54) is 30.3 Å². The number of nitrogen functional groups attached to an aromatic ring is 1. The monoisotopic (exact) mass is 528 g/mol. The van der Waals surface area contributed by atoms with Gasteiger partial charge in [-0.3, -0.25) is 5.10 Å². The molecular weight excluding hydrogens is 505 g/mol. The summed E-state index contributed by atoms with van der Waals surface area (Å²) < 4.78 is 67.6. The van der Waals surface area contributed by atoms with Gasteiger partial charge < -0.3 is 10.8 Å². The van der Waals surface area contributed by atoms with Gasteiger partial charge in [-0.05, 0) is 67.0 Å². The normalized spacial score (nSPS) is 19.1. The highest BCUT2D eigenvalue weighted by molar-refractivity contribution is 7.91. The Morgan fingerprint density at radius 3 is 2.34 bits per heavy atom. The average molecular weight is 529 g/mol. The minimum Gasteiger partial charge on any atom is -0.393 e. The number of nitrogens with two attached hydrogens (primary N) is 1. The number of H-pyrrole nitrogens is 1. The number of anilines is 1. The van der Waals surface area contributed by atoms with Crippen LogP contribution in [0.3, 0.4) is 0 Å². The van der Waals surface area contributed by atoms with Crippen LogP contribution in [0.1, 0.15) is 42.6 Å². The predicted molar refractivity (Wildman–Crippen MR) is 126 cm³/mol. The summed E-state index contributed by atoms with van der Waals surface area (Å²) in [5.74, 6) is 0.159. The third kappa shape index (κ3) is 5.96. The molecule has 7 nitrogen and oxygen atoms in total. The lowest BCUT2D eigenvalue weighted by atomic mass is 9.89. The molecule has 35 heavy (non-hydrogen) atoms. The molecule has 188 valence electrons. The quantitative estimate of drug-likeness (QED) is 0.428. The predicted octanol–water partition coefficient (Wildman–Crippen LogP) is 4.64. The van der Waals surface area contributed by atoms with Gasteiger partial charge in [-0.25, -0.2) is 8.42 Å². The molecule has 1 fully saturated rings. The van der Waals surface area contributed by atoms with Gasteiger partial charge in [0.15, 0.2) is 9.84 Å². The highest BCUT2D eigenvalue weighted by Crippen LogP contribution is 2.42. The zero-order valence-electron chi connectivity index (χ0n) is 18.5. The first-order valence-corrected chi connectivity index (χ1v) is 13.0. The van der Waals surface area contributed by atoms with Crippen LogP contribution in [0.2, 0.25) is 5.02 Å². The van der Waals surface area contributed by atoms with Gasteiger partial charge in [0.05, 0.1) is 22.3 Å². The molecule has 0 bridgehead atoms. The highest BCUT2D eigenvalue weighted by Gasteiger charge is 2.35. The molecule has 1 aromatic heterocycles. The first kappa shape index (κ1) is 25.5. The van der Waals surface area contributed by atoms with Crippen molar-refractivity contribution in [3.05, 3.63) is 58.4 Å². The van der Waals surface area contributed by atoms with E-state index in [1.807, 2.05) is 0 Å². The van der Waals surface area contributed by atoms with E-state index in [1.54, 1.807) is 0 Å². The number of aromatic amines is 1. The first-order valence-electron chi connectivity index (χ1n) is 11.0. The number of aliphatic hydroxyl groups excluding tert-OH is 1. The zero-order chi connectivity index (χ0) is 25.4. The standard InChI is InChI=1S/C23H24ClF3N4O3S/c24-19-10-14(11-20-29-22(28)31-30-20)9-18(23(25,26)27)21(19)15-3-7-17(8-4-15)35(33,34)12-13-1-5-16(32)6-2-13/h3-4,7-10,13,16,32H,1-2,5-6,11-12H2,(H3,28,29,30,31). The molecule has 12 heteroatoms. The number of nitrogens with zero attached hydrogens (tertiary/aromatic N) is 2. The summed E-state index contributed by atoms with van der Waals surface area (Å²) in [4.78, 5) is 3.94. The number of sulfone groups is 1. The number of hydrogen-bond donors (Lipinski definition) is 3. The molecule has 0 saturated heterocycles. The van der Waals surface area contributed by atoms with Gasteiger partial charge in [-0.1, -0.05) is 23.7 Å². The zero-order valence-corrected chi connectivity index (χ0v) is 20.1. The van der Waals surface area contributed by atoms with Crippen molar-refractivity contribution in [2.45, 2.75) is 49.3 Å². The fourth-order valence-corrected chi connectivity index (χ4v) is 6.46. The second-order valence-corrected chi connectivity index (χ2v) is 11.2. The molecular formula is C23H24ClF3N4O3S. The van der Waals surface area contributed by atoms with Crippen molar-refractivity contribution in [2.75, 3.05) is 11.5 Å². The van der Waals surface area contributed by atoms with Crippen LogP contribution in [0.25, 0.3) is 11.1 Å². The second kappa shape index (κ2) is 9.79. The Labute approximate surface area is 205 Å². The first-order chi connectivity index (χ1) is 16.4.